The fourth-order valence-corrected chi connectivity index (χ4v) is 4.40. The van der Waals surface area contributed by atoms with E-state index in [1.165, 1.54) is 4.90 Å². The second-order valence-corrected chi connectivity index (χ2v) is 9.20. The normalized spacial score (nSPS) is 17.3. The lowest BCUT2D eigenvalue weighted by Crippen LogP contribution is -2.40. The number of benzene rings is 1. The lowest BCUT2D eigenvalue weighted by molar-refractivity contribution is -0.147. The summed E-state index contributed by atoms with van der Waals surface area (Å²) in [4.78, 5) is 43.4. The molecule has 0 spiro atoms. The Morgan fingerprint density at radius 3 is 2.59 bits per heavy atom. The first-order valence-electron chi connectivity index (χ1n) is 10.7. The van der Waals surface area contributed by atoms with Crippen LogP contribution >= 0.6 is 0 Å². The largest absolute Gasteiger partial charge is 0.481 e. The highest BCUT2D eigenvalue weighted by Gasteiger charge is 2.42. The molecule has 2 heterocycles. The quantitative estimate of drug-likeness (QED) is 0.637. The Morgan fingerprint density at radius 1 is 1.22 bits per heavy atom. The van der Waals surface area contributed by atoms with E-state index in [1.54, 1.807) is 30.3 Å². The van der Waals surface area contributed by atoms with Gasteiger partial charge < -0.3 is 21.1 Å². The lowest BCUT2D eigenvalue weighted by atomic mass is 9.69. The molecule has 2 unspecified atom stereocenters. The summed E-state index contributed by atoms with van der Waals surface area (Å²) in [7, 11) is 0. The molecule has 4 N–H and O–H groups in total. The predicted molar refractivity (Wildman–Crippen MR) is 122 cm³/mol. The van der Waals surface area contributed by atoms with Crippen LogP contribution in [0.15, 0.2) is 42.5 Å². The Morgan fingerprint density at radius 2 is 1.94 bits per heavy atom. The number of pyridine rings is 1. The van der Waals surface area contributed by atoms with Crippen LogP contribution < -0.4 is 16.0 Å². The van der Waals surface area contributed by atoms with E-state index in [4.69, 9.17) is 5.73 Å². The van der Waals surface area contributed by atoms with E-state index >= 15 is 0 Å². The number of carbonyl (C=O) groups is 3. The van der Waals surface area contributed by atoms with Crippen LogP contribution in [-0.4, -0.2) is 34.4 Å². The number of nitrogen functional groups attached to an aromatic ring is 1. The Balaban J connectivity index is 1.85. The fourth-order valence-electron chi connectivity index (χ4n) is 4.40. The predicted octanol–water partition coefficient (Wildman–Crippen LogP) is 2.94. The number of amides is 2. The van der Waals surface area contributed by atoms with Crippen LogP contribution in [0, 0.1) is 11.3 Å². The number of nitrogens with one attached hydrogen (secondary N) is 1. The number of carboxylic acid groups (broad SMARTS) is 1. The summed E-state index contributed by atoms with van der Waals surface area (Å²) in [6, 6.07) is 12.5. The molecule has 0 bridgehead atoms. The van der Waals surface area contributed by atoms with Gasteiger partial charge in [-0.15, -0.1) is 0 Å². The summed E-state index contributed by atoms with van der Waals surface area (Å²) < 4.78 is 0. The van der Waals surface area contributed by atoms with Crippen molar-refractivity contribution in [2.24, 2.45) is 11.3 Å². The number of aliphatic carboxylic acids is 1. The molecule has 8 heteroatoms. The number of nitrogens with two attached hydrogens (primary N) is 1. The van der Waals surface area contributed by atoms with Crippen molar-refractivity contribution in [1.29, 1.82) is 0 Å². The van der Waals surface area contributed by atoms with Crippen molar-refractivity contribution >= 4 is 29.3 Å². The highest BCUT2D eigenvalue weighted by molar-refractivity contribution is 6.00. The minimum absolute atomic E-state index is 0.155. The van der Waals surface area contributed by atoms with Crippen molar-refractivity contribution in [2.75, 3.05) is 17.2 Å². The van der Waals surface area contributed by atoms with Gasteiger partial charge in [0.2, 0.25) is 11.8 Å². The van der Waals surface area contributed by atoms with Crippen molar-refractivity contribution in [3.8, 4) is 0 Å². The molecule has 3 rings (SSSR count). The van der Waals surface area contributed by atoms with Crippen LogP contribution in [0.25, 0.3) is 0 Å². The van der Waals surface area contributed by atoms with Gasteiger partial charge in [0.1, 0.15) is 12.4 Å². The van der Waals surface area contributed by atoms with Gasteiger partial charge >= 0.3 is 5.97 Å². The summed E-state index contributed by atoms with van der Waals surface area (Å²) in [6.45, 7) is 5.74. The maximum Gasteiger partial charge on any atom is 0.307 e. The first kappa shape index (κ1) is 23.2. The molecule has 0 fully saturated rings. The zero-order valence-electron chi connectivity index (χ0n) is 18.7. The summed E-state index contributed by atoms with van der Waals surface area (Å²) in [5, 5.41) is 12.8. The number of carbonyl (C=O) groups excluding carboxylic acids is 2. The van der Waals surface area contributed by atoms with Crippen molar-refractivity contribution < 1.29 is 19.5 Å². The molecule has 2 atom stereocenters. The second-order valence-electron chi connectivity index (χ2n) is 9.20. The SMILES string of the molecule is CC(C)(C)C(C(=O)O)C1CCC(=O)N(CC(=O)NCc2cccc(N)n2)c2ccccc21. The molecule has 8 nitrogen and oxygen atoms in total. The summed E-state index contributed by atoms with van der Waals surface area (Å²) in [6.07, 6.45) is 0.582. The molecular formula is C24H30N4O4. The molecule has 0 aliphatic carbocycles. The average Bonchev–Trinajstić information content (AvgIpc) is 2.84. The van der Waals surface area contributed by atoms with Gasteiger partial charge in [-0.05, 0) is 35.6 Å². The van der Waals surface area contributed by atoms with E-state index in [0.717, 1.165) is 5.56 Å². The maximum absolute atomic E-state index is 13.0. The number of fused-ring (bicyclic) bond motifs is 1. The van der Waals surface area contributed by atoms with Crippen molar-refractivity contribution in [1.82, 2.24) is 10.3 Å². The Kier molecular flexibility index (Phi) is 6.81. The standard InChI is InChI=1S/C24H30N4O4/c1-24(2,3)22(23(31)32)17-11-12-21(30)28(18-9-5-4-8-16(17)18)14-20(29)26-13-15-7-6-10-19(25)27-15/h4-10,17,22H,11-14H2,1-3H3,(H2,25,27)(H,26,29)(H,31,32). The zero-order chi connectivity index (χ0) is 23.5. The molecular weight excluding hydrogens is 408 g/mol. The molecule has 1 aromatic heterocycles. The monoisotopic (exact) mass is 438 g/mol. The Bertz CT molecular complexity index is 1020. The van der Waals surface area contributed by atoms with E-state index in [-0.39, 0.29) is 37.2 Å². The minimum Gasteiger partial charge on any atom is -0.481 e. The maximum atomic E-state index is 13.0. The number of para-hydroxylation sites is 1. The molecule has 1 aliphatic heterocycles. The smallest absolute Gasteiger partial charge is 0.307 e. The van der Waals surface area contributed by atoms with Crippen molar-refractivity contribution in [3.63, 3.8) is 0 Å². The molecule has 0 saturated carbocycles. The van der Waals surface area contributed by atoms with Crippen molar-refractivity contribution in [3.05, 3.63) is 53.7 Å². The number of nitrogens with zero attached hydrogens (tertiary/aromatic N) is 2. The summed E-state index contributed by atoms with van der Waals surface area (Å²) in [5.41, 5.74) is 7.17. The zero-order valence-corrected chi connectivity index (χ0v) is 18.7. The number of anilines is 2. The van der Waals surface area contributed by atoms with Crippen LogP contribution in [0.1, 0.15) is 50.8 Å². The van der Waals surface area contributed by atoms with E-state index in [0.29, 0.717) is 23.6 Å². The fraction of sp³-hybridized carbons (Fsp3) is 0.417. The molecule has 0 saturated heterocycles. The molecule has 2 amide bonds. The van der Waals surface area contributed by atoms with E-state index in [2.05, 4.69) is 10.3 Å². The Labute approximate surface area is 187 Å². The third-order valence-corrected chi connectivity index (χ3v) is 5.80. The van der Waals surface area contributed by atoms with Crippen LogP contribution in [0.4, 0.5) is 11.5 Å². The molecule has 0 radical (unpaired) electrons. The van der Waals surface area contributed by atoms with Gasteiger partial charge in [0.05, 0.1) is 18.2 Å². The molecule has 1 aromatic carbocycles. The van der Waals surface area contributed by atoms with Crippen LogP contribution in [0.5, 0.6) is 0 Å². The number of aromatic nitrogens is 1. The minimum atomic E-state index is -0.884. The number of carboxylic acids is 1. The number of rotatable bonds is 6. The topological polar surface area (TPSA) is 126 Å². The van der Waals surface area contributed by atoms with Crippen molar-refractivity contribution in [2.45, 2.75) is 46.1 Å². The van der Waals surface area contributed by atoms with Gasteiger partial charge in [0.15, 0.2) is 0 Å². The van der Waals surface area contributed by atoms with Gasteiger partial charge in [0, 0.05) is 18.0 Å². The Hall–Kier alpha value is -3.42. The number of hydrogen-bond donors (Lipinski definition) is 3. The summed E-state index contributed by atoms with van der Waals surface area (Å²) >= 11 is 0. The van der Waals surface area contributed by atoms with Gasteiger partial charge in [-0.1, -0.05) is 45.0 Å². The van der Waals surface area contributed by atoms with Gasteiger partial charge in [-0.25, -0.2) is 4.98 Å². The lowest BCUT2D eigenvalue weighted by Gasteiger charge is -2.34. The van der Waals surface area contributed by atoms with Crippen LogP contribution in [0.3, 0.4) is 0 Å². The molecule has 170 valence electrons. The van der Waals surface area contributed by atoms with Crippen LogP contribution in [0.2, 0.25) is 0 Å². The first-order chi connectivity index (χ1) is 15.1. The average molecular weight is 439 g/mol. The first-order valence-corrected chi connectivity index (χ1v) is 10.7. The highest BCUT2D eigenvalue weighted by Crippen LogP contribution is 2.45. The van der Waals surface area contributed by atoms with Crippen LogP contribution in [-0.2, 0) is 20.9 Å². The molecule has 1 aliphatic rings. The number of hydrogen-bond acceptors (Lipinski definition) is 5. The summed E-state index contributed by atoms with van der Waals surface area (Å²) in [5.74, 6) is -2.05. The van der Waals surface area contributed by atoms with E-state index in [1.807, 2.05) is 32.9 Å². The van der Waals surface area contributed by atoms with Gasteiger partial charge in [-0.3, -0.25) is 14.4 Å². The van der Waals surface area contributed by atoms with E-state index < -0.39 is 17.3 Å². The molecule has 2 aromatic rings. The molecule has 32 heavy (non-hydrogen) atoms. The second kappa shape index (κ2) is 9.38. The third kappa shape index (κ3) is 5.25. The van der Waals surface area contributed by atoms with E-state index in [9.17, 15) is 19.5 Å². The third-order valence-electron chi connectivity index (χ3n) is 5.80. The van der Waals surface area contributed by atoms with Gasteiger partial charge in [0.25, 0.3) is 0 Å². The van der Waals surface area contributed by atoms with Gasteiger partial charge in [-0.2, -0.15) is 0 Å². The highest BCUT2D eigenvalue weighted by atomic mass is 16.4.